The van der Waals surface area contributed by atoms with E-state index in [0.717, 1.165) is 37.4 Å². The molecule has 3 N–H and O–H groups in total. The predicted octanol–water partition coefficient (Wildman–Crippen LogP) is 1.49. The van der Waals surface area contributed by atoms with Gasteiger partial charge in [0.15, 0.2) is 0 Å². The van der Waals surface area contributed by atoms with Crippen molar-refractivity contribution in [2.75, 3.05) is 11.9 Å². The number of H-pyrrole nitrogens is 1. The molecule has 6 nitrogen and oxygen atoms in total. The van der Waals surface area contributed by atoms with Crippen LogP contribution in [0.5, 0.6) is 0 Å². The number of nitrogens with zero attached hydrogens (tertiary/aromatic N) is 2. The quantitative estimate of drug-likeness (QED) is 0.667. The molecule has 1 aromatic carbocycles. The monoisotopic (exact) mass is 273 g/mol. The first kappa shape index (κ1) is 14.2. The van der Waals surface area contributed by atoms with Gasteiger partial charge in [0, 0.05) is 25.6 Å². The number of aromatic amines is 1. The molecular weight excluding hydrogens is 254 g/mol. The number of benzene rings is 1. The van der Waals surface area contributed by atoms with Crippen molar-refractivity contribution in [3.05, 3.63) is 42.0 Å². The molecular formula is C14H19N5O. The molecule has 106 valence electrons. The lowest BCUT2D eigenvalue weighted by Crippen LogP contribution is -2.15. The Bertz CT molecular complexity index is 521. The number of hydrogen-bond acceptors (Lipinski definition) is 4. The molecule has 0 bridgehead atoms. The minimum absolute atomic E-state index is 0.0525. The van der Waals surface area contributed by atoms with Crippen molar-refractivity contribution < 1.29 is 4.79 Å². The summed E-state index contributed by atoms with van der Waals surface area (Å²) >= 11 is 0. The van der Waals surface area contributed by atoms with Crippen molar-refractivity contribution >= 4 is 11.6 Å². The zero-order chi connectivity index (χ0) is 14.2. The van der Waals surface area contributed by atoms with Crippen molar-refractivity contribution in [1.82, 2.24) is 20.5 Å². The largest absolute Gasteiger partial charge is 0.326 e. The maximum atomic E-state index is 10.9. The number of carbonyl (C=O) groups excluding carboxylic acids is 1. The molecule has 0 spiro atoms. The van der Waals surface area contributed by atoms with Gasteiger partial charge >= 0.3 is 0 Å². The highest BCUT2D eigenvalue weighted by Crippen LogP contribution is 2.09. The van der Waals surface area contributed by atoms with Crippen LogP contribution in [0.1, 0.15) is 24.7 Å². The molecule has 0 aliphatic rings. The Morgan fingerprint density at radius 3 is 2.75 bits per heavy atom. The van der Waals surface area contributed by atoms with Crippen LogP contribution >= 0.6 is 0 Å². The Hall–Kier alpha value is -2.21. The number of rotatable bonds is 7. The topological polar surface area (TPSA) is 82.7 Å². The van der Waals surface area contributed by atoms with Gasteiger partial charge in [0.25, 0.3) is 0 Å². The summed E-state index contributed by atoms with van der Waals surface area (Å²) in [4.78, 5) is 15.0. The van der Waals surface area contributed by atoms with Gasteiger partial charge in [-0.05, 0) is 30.7 Å². The van der Waals surface area contributed by atoms with E-state index in [1.54, 1.807) is 0 Å². The minimum atomic E-state index is -0.0525. The summed E-state index contributed by atoms with van der Waals surface area (Å²) in [7, 11) is 0. The van der Waals surface area contributed by atoms with E-state index in [0.29, 0.717) is 0 Å². The van der Waals surface area contributed by atoms with Crippen LogP contribution < -0.4 is 10.6 Å². The SMILES string of the molecule is CC(=O)Nc1ccc(CNCCCc2ncn[nH]2)cc1. The van der Waals surface area contributed by atoms with Gasteiger partial charge in [0.05, 0.1) is 0 Å². The number of aromatic nitrogens is 3. The Balaban J connectivity index is 1.65. The van der Waals surface area contributed by atoms with E-state index in [1.165, 1.54) is 18.8 Å². The predicted molar refractivity (Wildman–Crippen MR) is 77.2 cm³/mol. The zero-order valence-electron chi connectivity index (χ0n) is 11.5. The van der Waals surface area contributed by atoms with Gasteiger partial charge in [0.1, 0.15) is 12.2 Å². The molecule has 0 saturated carbocycles. The maximum absolute atomic E-state index is 10.9. The lowest BCUT2D eigenvalue weighted by atomic mass is 10.2. The van der Waals surface area contributed by atoms with Crippen molar-refractivity contribution in [2.24, 2.45) is 0 Å². The first-order valence-corrected chi connectivity index (χ1v) is 6.65. The van der Waals surface area contributed by atoms with E-state index in [9.17, 15) is 4.79 Å². The maximum Gasteiger partial charge on any atom is 0.221 e. The Labute approximate surface area is 118 Å². The summed E-state index contributed by atoms with van der Waals surface area (Å²) in [6.07, 6.45) is 3.44. The van der Waals surface area contributed by atoms with Crippen molar-refractivity contribution in [1.29, 1.82) is 0 Å². The summed E-state index contributed by atoms with van der Waals surface area (Å²) in [6.45, 7) is 3.24. The normalized spacial score (nSPS) is 10.4. The first-order chi connectivity index (χ1) is 9.74. The van der Waals surface area contributed by atoms with Gasteiger partial charge in [-0.25, -0.2) is 4.98 Å². The standard InChI is InChI=1S/C14H19N5O/c1-11(20)18-13-6-4-12(5-7-13)9-15-8-2-3-14-16-10-17-19-14/h4-7,10,15H,2-3,8-9H2,1H3,(H,18,20)(H,16,17,19). The fraction of sp³-hybridized carbons (Fsp3) is 0.357. The minimum Gasteiger partial charge on any atom is -0.326 e. The molecule has 1 heterocycles. The van der Waals surface area contributed by atoms with Crippen LogP contribution in [0.15, 0.2) is 30.6 Å². The van der Waals surface area contributed by atoms with E-state index in [2.05, 4.69) is 25.8 Å². The summed E-state index contributed by atoms with van der Waals surface area (Å²) in [5, 5.41) is 12.8. The third kappa shape index (κ3) is 4.81. The highest BCUT2D eigenvalue weighted by Gasteiger charge is 1.98. The third-order valence-electron chi connectivity index (χ3n) is 2.84. The average molecular weight is 273 g/mol. The summed E-state index contributed by atoms with van der Waals surface area (Å²) in [6, 6.07) is 7.84. The van der Waals surface area contributed by atoms with Crippen LogP contribution in [0.3, 0.4) is 0 Å². The zero-order valence-corrected chi connectivity index (χ0v) is 11.5. The second-order valence-corrected chi connectivity index (χ2v) is 4.59. The number of amides is 1. The fourth-order valence-electron chi connectivity index (χ4n) is 1.87. The van der Waals surface area contributed by atoms with Gasteiger partial charge in [0.2, 0.25) is 5.91 Å². The average Bonchev–Trinajstić information content (AvgIpc) is 2.93. The fourth-order valence-corrected chi connectivity index (χ4v) is 1.87. The molecule has 1 aromatic heterocycles. The lowest BCUT2D eigenvalue weighted by Gasteiger charge is -2.06. The Kier molecular flexibility index (Phi) is 5.25. The van der Waals surface area contributed by atoms with Gasteiger partial charge in [-0.1, -0.05) is 12.1 Å². The van der Waals surface area contributed by atoms with E-state index < -0.39 is 0 Å². The Morgan fingerprint density at radius 1 is 1.30 bits per heavy atom. The molecule has 0 aliphatic carbocycles. The van der Waals surface area contributed by atoms with E-state index in [4.69, 9.17) is 0 Å². The summed E-state index contributed by atoms with van der Waals surface area (Å²) in [5.41, 5.74) is 2.02. The second-order valence-electron chi connectivity index (χ2n) is 4.59. The van der Waals surface area contributed by atoms with Crippen LogP contribution in [0, 0.1) is 0 Å². The van der Waals surface area contributed by atoms with Gasteiger partial charge in [-0.3, -0.25) is 9.89 Å². The summed E-state index contributed by atoms with van der Waals surface area (Å²) < 4.78 is 0. The number of aryl methyl sites for hydroxylation is 1. The summed E-state index contributed by atoms with van der Waals surface area (Å²) in [5.74, 6) is 0.870. The Morgan fingerprint density at radius 2 is 2.10 bits per heavy atom. The van der Waals surface area contributed by atoms with Gasteiger partial charge < -0.3 is 10.6 Å². The molecule has 0 unspecified atom stereocenters. The molecule has 0 radical (unpaired) electrons. The van der Waals surface area contributed by atoms with Crippen LogP contribution in [-0.4, -0.2) is 27.6 Å². The van der Waals surface area contributed by atoms with Crippen molar-refractivity contribution in [3.63, 3.8) is 0 Å². The third-order valence-corrected chi connectivity index (χ3v) is 2.84. The number of nitrogens with one attached hydrogen (secondary N) is 3. The molecule has 2 aromatic rings. The van der Waals surface area contributed by atoms with Gasteiger partial charge in [-0.15, -0.1) is 0 Å². The molecule has 6 heteroatoms. The lowest BCUT2D eigenvalue weighted by molar-refractivity contribution is -0.114. The molecule has 0 aliphatic heterocycles. The second kappa shape index (κ2) is 7.40. The highest BCUT2D eigenvalue weighted by atomic mass is 16.1. The molecule has 0 saturated heterocycles. The number of anilines is 1. The molecule has 20 heavy (non-hydrogen) atoms. The smallest absolute Gasteiger partial charge is 0.221 e. The van der Waals surface area contributed by atoms with E-state index in [1.807, 2.05) is 24.3 Å². The van der Waals surface area contributed by atoms with Gasteiger partial charge in [-0.2, -0.15) is 5.10 Å². The van der Waals surface area contributed by atoms with Crippen LogP contribution in [-0.2, 0) is 17.8 Å². The van der Waals surface area contributed by atoms with Crippen LogP contribution in [0.2, 0.25) is 0 Å². The van der Waals surface area contributed by atoms with E-state index >= 15 is 0 Å². The number of carbonyl (C=O) groups is 1. The molecule has 1 amide bonds. The molecule has 0 atom stereocenters. The van der Waals surface area contributed by atoms with E-state index in [-0.39, 0.29) is 5.91 Å². The van der Waals surface area contributed by atoms with Crippen LogP contribution in [0.4, 0.5) is 5.69 Å². The first-order valence-electron chi connectivity index (χ1n) is 6.65. The molecule has 0 fully saturated rings. The molecule has 2 rings (SSSR count). The van der Waals surface area contributed by atoms with Crippen molar-refractivity contribution in [2.45, 2.75) is 26.3 Å². The van der Waals surface area contributed by atoms with Crippen molar-refractivity contribution in [3.8, 4) is 0 Å². The number of hydrogen-bond donors (Lipinski definition) is 3. The highest BCUT2D eigenvalue weighted by molar-refractivity contribution is 5.88. The van der Waals surface area contributed by atoms with Crippen LogP contribution in [0.25, 0.3) is 0 Å².